The normalized spacial score (nSPS) is 20.3. The van der Waals surface area contributed by atoms with Crippen LogP contribution < -0.4 is 16.3 Å². The maximum absolute atomic E-state index is 13.2. The first kappa shape index (κ1) is 19.9. The van der Waals surface area contributed by atoms with Crippen LogP contribution >= 0.6 is 11.6 Å². The van der Waals surface area contributed by atoms with Gasteiger partial charge in [0.2, 0.25) is 0 Å². The molecule has 2 aromatic rings. The van der Waals surface area contributed by atoms with Gasteiger partial charge in [0, 0.05) is 18.0 Å². The van der Waals surface area contributed by atoms with Gasteiger partial charge in [-0.3, -0.25) is 9.79 Å². The molecule has 1 aromatic carbocycles. The highest BCUT2D eigenvalue weighted by Crippen LogP contribution is 2.27. The van der Waals surface area contributed by atoms with Crippen LogP contribution in [0, 0.1) is 0 Å². The van der Waals surface area contributed by atoms with Crippen molar-refractivity contribution >= 4 is 28.7 Å². The molecule has 1 aliphatic heterocycles. The van der Waals surface area contributed by atoms with Gasteiger partial charge in [0.1, 0.15) is 10.7 Å². The van der Waals surface area contributed by atoms with Crippen molar-refractivity contribution in [2.75, 3.05) is 11.4 Å². The van der Waals surface area contributed by atoms with Gasteiger partial charge in [0.05, 0.1) is 30.7 Å². The maximum atomic E-state index is 13.2. The van der Waals surface area contributed by atoms with Crippen LogP contribution in [0.3, 0.4) is 0 Å². The molecule has 28 heavy (non-hydrogen) atoms. The molecule has 1 aliphatic rings. The van der Waals surface area contributed by atoms with Crippen molar-refractivity contribution in [3.05, 3.63) is 57.0 Å². The molecule has 0 amide bonds. The molecule has 3 rings (SSSR count). The zero-order chi connectivity index (χ0) is 20.3. The fraction of sp³-hybridized carbons (Fsp3) is 0.333. The van der Waals surface area contributed by atoms with Gasteiger partial charge in [-0.05, 0) is 12.5 Å². The highest BCUT2D eigenvalue weighted by molar-refractivity contribution is 6.44. The van der Waals surface area contributed by atoms with E-state index in [0.717, 1.165) is 0 Å². The predicted octanol–water partition coefficient (Wildman–Crippen LogP) is 2.92. The van der Waals surface area contributed by atoms with Crippen LogP contribution in [0.1, 0.15) is 30.9 Å². The Morgan fingerprint density at radius 2 is 2.14 bits per heavy atom. The second-order valence-electron chi connectivity index (χ2n) is 6.42. The van der Waals surface area contributed by atoms with Gasteiger partial charge < -0.3 is 10.7 Å². The molecule has 1 aromatic heterocycles. The number of rotatable bonds is 4. The van der Waals surface area contributed by atoms with Gasteiger partial charge in [-0.25, -0.2) is 13.9 Å². The number of hydrogen-bond donors (Lipinski definition) is 2. The molecule has 1 saturated heterocycles. The van der Waals surface area contributed by atoms with Gasteiger partial charge >= 0.3 is 0 Å². The van der Waals surface area contributed by atoms with Crippen molar-refractivity contribution in [1.29, 1.82) is 0 Å². The second-order valence-corrected chi connectivity index (χ2v) is 6.80. The number of alkyl halides is 2. The highest BCUT2D eigenvalue weighted by atomic mass is 35.5. The Hall–Kier alpha value is -2.81. The fourth-order valence-corrected chi connectivity index (χ4v) is 3.36. The van der Waals surface area contributed by atoms with Crippen molar-refractivity contribution < 1.29 is 8.78 Å². The van der Waals surface area contributed by atoms with E-state index in [1.54, 1.807) is 18.2 Å². The number of halogens is 3. The van der Waals surface area contributed by atoms with Crippen molar-refractivity contribution in [2.24, 2.45) is 15.9 Å². The first-order chi connectivity index (χ1) is 13.4. The minimum Gasteiger partial charge on any atom is -0.360 e. The van der Waals surface area contributed by atoms with Crippen LogP contribution in [-0.4, -0.2) is 34.2 Å². The number of anilines is 1. The molecule has 0 spiro atoms. The topological polar surface area (TPSA) is 99.7 Å². The Balaban J connectivity index is 1.85. The molecule has 7 nitrogen and oxygen atoms in total. The molecular weight excluding hydrogens is 390 g/mol. The van der Waals surface area contributed by atoms with Gasteiger partial charge in [0.25, 0.3) is 12.0 Å². The molecule has 1 fully saturated rings. The minimum atomic E-state index is -2.56. The molecule has 3 N–H and O–H groups in total. The molecule has 148 valence electrons. The Labute approximate surface area is 164 Å². The number of hydrogen-bond acceptors (Lipinski definition) is 6. The summed E-state index contributed by atoms with van der Waals surface area (Å²) in [5.74, 6) is 5.54. The third-order valence-electron chi connectivity index (χ3n) is 4.65. The van der Waals surface area contributed by atoms with E-state index in [2.05, 4.69) is 20.3 Å². The summed E-state index contributed by atoms with van der Waals surface area (Å²) in [5.41, 5.74) is 1.55. The SMILES string of the molecule is C[C@@H]1CC(=NCc2ccccc2C(F)F)C(=NN)CN1c1cn[nH]c(=O)c1Cl. The summed E-state index contributed by atoms with van der Waals surface area (Å²) < 4.78 is 26.3. The summed E-state index contributed by atoms with van der Waals surface area (Å²) in [6, 6.07) is 6.23. The zero-order valence-corrected chi connectivity index (χ0v) is 15.8. The number of nitrogens with one attached hydrogen (secondary N) is 1. The molecule has 1 atom stereocenters. The van der Waals surface area contributed by atoms with E-state index in [1.807, 2.05) is 11.8 Å². The highest BCUT2D eigenvalue weighted by Gasteiger charge is 2.29. The molecule has 0 aliphatic carbocycles. The third kappa shape index (κ3) is 4.04. The van der Waals surface area contributed by atoms with Crippen LogP contribution in [-0.2, 0) is 6.54 Å². The van der Waals surface area contributed by atoms with Crippen molar-refractivity contribution in [2.45, 2.75) is 32.4 Å². The predicted molar refractivity (Wildman–Crippen MR) is 105 cm³/mol. The van der Waals surface area contributed by atoms with E-state index in [4.69, 9.17) is 17.4 Å². The number of hydrazone groups is 1. The Bertz CT molecular complexity index is 975. The molecule has 0 bridgehead atoms. The van der Waals surface area contributed by atoms with Crippen LogP contribution in [0.4, 0.5) is 14.5 Å². The Morgan fingerprint density at radius 1 is 1.39 bits per heavy atom. The van der Waals surface area contributed by atoms with Gasteiger partial charge in [-0.2, -0.15) is 10.2 Å². The number of aromatic nitrogens is 2. The lowest BCUT2D eigenvalue weighted by molar-refractivity contribution is 0.150. The van der Waals surface area contributed by atoms with Crippen LogP contribution in [0.2, 0.25) is 5.02 Å². The van der Waals surface area contributed by atoms with E-state index < -0.39 is 12.0 Å². The van der Waals surface area contributed by atoms with Gasteiger partial charge in [-0.15, -0.1) is 0 Å². The standard InChI is InChI=1S/C18H19ClF2N6O/c1-10-6-13(23-7-11-4-2-3-5-12(11)17(20)21)14(25-22)9-27(10)15-8-24-26-18(28)16(15)19/h2-5,8,10,17H,6-7,9,22H2,1H3,(H,26,28)/t10-/m1/s1. The summed E-state index contributed by atoms with van der Waals surface area (Å²) in [6.07, 6.45) is -0.628. The van der Waals surface area contributed by atoms with Gasteiger partial charge in [0.15, 0.2) is 0 Å². The number of aliphatic imine (C=N–C) groups is 1. The molecule has 2 heterocycles. The quantitative estimate of drug-likeness (QED) is 0.600. The molecule has 0 unspecified atom stereocenters. The average Bonchev–Trinajstić information content (AvgIpc) is 2.69. The van der Waals surface area contributed by atoms with Crippen molar-refractivity contribution in [1.82, 2.24) is 10.2 Å². The summed E-state index contributed by atoms with van der Waals surface area (Å²) >= 11 is 6.11. The lowest BCUT2D eigenvalue weighted by Crippen LogP contribution is -2.48. The zero-order valence-electron chi connectivity index (χ0n) is 15.1. The van der Waals surface area contributed by atoms with E-state index in [-0.39, 0.29) is 29.7 Å². The lowest BCUT2D eigenvalue weighted by atomic mass is 9.98. The van der Waals surface area contributed by atoms with E-state index >= 15 is 0 Å². The fourth-order valence-electron chi connectivity index (χ4n) is 3.16. The minimum absolute atomic E-state index is 0.0319. The maximum Gasteiger partial charge on any atom is 0.285 e. The third-order valence-corrected chi connectivity index (χ3v) is 5.01. The molecule has 0 radical (unpaired) electrons. The first-order valence-electron chi connectivity index (χ1n) is 8.58. The van der Waals surface area contributed by atoms with E-state index in [0.29, 0.717) is 29.1 Å². The van der Waals surface area contributed by atoms with Crippen LogP contribution in [0.15, 0.2) is 45.4 Å². The van der Waals surface area contributed by atoms with Crippen molar-refractivity contribution in [3.63, 3.8) is 0 Å². The van der Waals surface area contributed by atoms with E-state index in [1.165, 1.54) is 12.3 Å². The number of aromatic amines is 1. The number of nitrogens with two attached hydrogens (primary N) is 1. The summed E-state index contributed by atoms with van der Waals surface area (Å²) in [7, 11) is 0. The second kappa shape index (κ2) is 8.47. The smallest absolute Gasteiger partial charge is 0.285 e. The first-order valence-corrected chi connectivity index (χ1v) is 8.96. The molecule has 0 saturated carbocycles. The monoisotopic (exact) mass is 408 g/mol. The Kier molecular flexibility index (Phi) is 6.03. The summed E-state index contributed by atoms with van der Waals surface area (Å²) in [4.78, 5) is 18.1. The number of nitrogens with zero attached hydrogens (tertiary/aromatic N) is 4. The lowest BCUT2D eigenvalue weighted by Gasteiger charge is -2.36. The average molecular weight is 409 g/mol. The molecular formula is C18H19ClF2N6O. The van der Waals surface area contributed by atoms with Gasteiger partial charge in [-0.1, -0.05) is 35.9 Å². The number of piperidine rings is 1. The van der Waals surface area contributed by atoms with E-state index in [9.17, 15) is 13.6 Å². The number of benzene rings is 1. The molecule has 10 heteroatoms. The summed E-state index contributed by atoms with van der Waals surface area (Å²) in [6.45, 7) is 2.32. The van der Waals surface area contributed by atoms with Crippen molar-refractivity contribution in [3.8, 4) is 0 Å². The van der Waals surface area contributed by atoms with Crippen LogP contribution in [0.25, 0.3) is 0 Å². The Morgan fingerprint density at radius 3 is 2.86 bits per heavy atom. The number of H-pyrrole nitrogens is 1. The van der Waals surface area contributed by atoms with Crippen LogP contribution in [0.5, 0.6) is 0 Å². The summed E-state index contributed by atoms with van der Waals surface area (Å²) in [5, 5.41) is 9.91. The largest absolute Gasteiger partial charge is 0.360 e.